The van der Waals surface area contributed by atoms with Gasteiger partial charge in [-0.25, -0.2) is 4.68 Å². The Kier molecular flexibility index (Phi) is 6.58. The molecule has 3 aromatic carbocycles. The number of hydrogen-bond donors (Lipinski definition) is 1. The molecule has 192 valence electrons. The smallest absolute Gasteiger partial charge is 0.253 e. The molecule has 0 bridgehead atoms. The van der Waals surface area contributed by atoms with E-state index in [2.05, 4.69) is 66.7 Å². The summed E-state index contributed by atoms with van der Waals surface area (Å²) in [6.07, 6.45) is 0. The molecule has 1 saturated heterocycles. The molecule has 1 fully saturated rings. The summed E-state index contributed by atoms with van der Waals surface area (Å²) in [6.45, 7) is 3.72. The number of pyridine rings is 1. The number of benzene rings is 3. The van der Waals surface area contributed by atoms with Gasteiger partial charge < -0.3 is 14.6 Å². The van der Waals surface area contributed by atoms with Crippen molar-refractivity contribution in [2.45, 2.75) is 12.6 Å². The van der Waals surface area contributed by atoms with Crippen molar-refractivity contribution >= 4 is 16.6 Å². The van der Waals surface area contributed by atoms with E-state index in [9.17, 15) is 4.79 Å². The topological polar surface area (TPSA) is 92.2 Å². The number of fused-ring (bicyclic) bond motifs is 1. The first kappa shape index (κ1) is 23.9. The second-order valence-electron chi connectivity index (χ2n) is 9.45. The number of nitrogens with zero attached hydrogens (tertiary/aromatic N) is 6. The highest BCUT2D eigenvalue weighted by molar-refractivity contribution is 5.80. The summed E-state index contributed by atoms with van der Waals surface area (Å²) in [7, 11) is 1.62. The van der Waals surface area contributed by atoms with E-state index < -0.39 is 6.04 Å². The third-order valence-corrected chi connectivity index (χ3v) is 7.16. The molecule has 1 N–H and O–H groups in total. The first-order chi connectivity index (χ1) is 18.7. The van der Waals surface area contributed by atoms with Gasteiger partial charge in [0, 0.05) is 43.5 Å². The van der Waals surface area contributed by atoms with Crippen LogP contribution in [-0.2, 0) is 6.54 Å². The number of nitrogens with one attached hydrogen (secondary N) is 1. The van der Waals surface area contributed by atoms with Crippen LogP contribution in [-0.4, -0.2) is 63.4 Å². The summed E-state index contributed by atoms with van der Waals surface area (Å²) in [5.74, 6) is 1.35. The molecule has 1 unspecified atom stereocenters. The molecule has 9 nitrogen and oxygen atoms in total. The van der Waals surface area contributed by atoms with Crippen LogP contribution in [0.2, 0.25) is 0 Å². The lowest BCUT2D eigenvalue weighted by Crippen LogP contribution is -2.49. The normalized spacial score (nSPS) is 15.0. The fourth-order valence-corrected chi connectivity index (χ4v) is 5.18. The van der Waals surface area contributed by atoms with Gasteiger partial charge in [-0.1, -0.05) is 48.5 Å². The Bertz CT molecular complexity index is 1580. The molecule has 3 heterocycles. The van der Waals surface area contributed by atoms with E-state index in [1.165, 1.54) is 5.69 Å². The van der Waals surface area contributed by atoms with Gasteiger partial charge >= 0.3 is 0 Å². The highest BCUT2D eigenvalue weighted by Gasteiger charge is 2.32. The predicted molar refractivity (Wildman–Crippen MR) is 147 cm³/mol. The Morgan fingerprint density at radius 1 is 0.921 bits per heavy atom. The lowest BCUT2D eigenvalue weighted by molar-refractivity contribution is 0.200. The number of rotatable bonds is 7. The molecule has 2 aromatic heterocycles. The van der Waals surface area contributed by atoms with Gasteiger partial charge in [-0.15, -0.1) is 5.10 Å². The molecule has 5 aromatic rings. The van der Waals surface area contributed by atoms with Crippen LogP contribution >= 0.6 is 0 Å². The SMILES string of the molecule is COc1ccc2cc(C(c3nnnn3Cc3ccccc3)N3CCN(c4ccccc4)CC3)c(=O)[nH]c2c1. The number of tetrazole rings is 1. The molecule has 0 spiro atoms. The number of aromatic nitrogens is 5. The van der Waals surface area contributed by atoms with Crippen molar-refractivity contribution in [3.63, 3.8) is 0 Å². The zero-order valence-electron chi connectivity index (χ0n) is 21.2. The lowest BCUT2D eigenvalue weighted by atomic mass is 10.0. The molecule has 0 aliphatic carbocycles. The summed E-state index contributed by atoms with van der Waals surface area (Å²) in [5.41, 5.74) is 3.49. The van der Waals surface area contributed by atoms with Gasteiger partial charge in [0.1, 0.15) is 11.8 Å². The number of para-hydroxylation sites is 1. The molecule has 1 aliphatic heterocycles. The summed E-state index contributed by atoms with van der Waals surface area (Å²) in [6, 6.07) is 27.8. The van der Waals surface area contributed by atoms with Crippen LogP contribution in [0.3, 0.4) is 0 Å². The molecule has 0 radical (unpaired) electrons. The highest BCUT2D eigenvalue weighted by Crippen LogP contribution is 2.29. The number of methoxy groups -OCH3 is 1. The van der Waals surface area contributed by atoms with Crippen LogP contribution in [0.25, 0.3) is 10.9 Å². The Morgan fingerprint density at radius 3 is 2.39 bits per heavy atom. The van der Waals surface area contributed by atoms with E-state index in [-0.39, 0.29) is 5.56 Å². The van der Waals surface area contributed by atoms with E-state index in [1.54, 1.807) is 11.8 Å². The van der Waals surface area contributed by atoms with Gasteiger partial charge in [0.15, 0.2) is 5.82 Å². The molecule has 0 saturated carbocycles. The predicted octanol–water partition coefficient (Wildman–Crippen LogP) is 3.48. The summed E-state index contributed by atoms with van der Waals surface area (Å²) < 4.78 is 7.15. The summed E-state index contributed by atoms with van der Waals surface area (Å²) in [5, 5.41) is 13.7. The van der Waals surface area contributed by atoms with Gasteiger partial charge in [0.25, 0.3) is 5.56 Å². The van der Waals surface area contributed by atoms with Crippen LogP contribution < -0.4 is 15.2 Å². The molecular formula is C29H29N7O2. The van der Waals surface area contributed by atoms with Crippen molar-refractivity contribution in [2.24, 2.45) is 0 Å². The summed E-state index contributed by atoms with van der Waals surface area (Å²) >= 11 is 0. The lowest BCUT2D eigenvalue weighted by Gasteiger charge is -2.39. The third kappa shape index (κ3) is 4.76. The van der Waals surface area contributed by atoms with Crippen molar-refractivity contribution in [3.8, 4) is 5.75 Å². The second-order valence-corrected chi connectivity index (χ2v) is 9.45. The molecule has 38 heavy (non-hydrogen) atoms. The second kappa shape index (κ2) is 10.5. The van der Waals surface area contributed by atoms with Gasteiger partial charge in [-0.3, -0.25) is 9.69 Å². The van der Waals surface area contributed by atoms with E-state index >= 15 is 0 Å². The fourth-order valence-electron chi connectivity index (χ4n) is 5.18. The van der Waals surface area contributed by atoms with E-state index in [0.29, 0.717) is 23.7 Å². The van der Waals surface area contributed by atoms with E-state index in [0.717, 1.165) is 42.6 Å². The van der Waals surface area contributed by atoms with Gasteiger partial charge in [0.05, 0.1) is 19.2 Å². The van der Waals surface area contributed by atoms with Crippen molar-refractivity contribution in [1.82, 2.24) is 30.1 Å². The molecule has 6 rings (SSSR count). The largest absolute Gasteiger partial charge is 0.497 e. The zero-order chi connectivity index (χ0) is 25.9. The van der Waals surface area contributed by atoms with E-state index in [4.69, 9.17) is 4.74 Å². The van der Waals surface area contributed by atoms with Crippen molar-refractivity contribution in [1.29, 1.82) is 0 Å². The monoisotopic (exact) mass is 507 g/mol. The maximum Gasteiger partial charge on any atom is 0.253 e. The van der Waals surface area contributed by atoms with E-state index in [1.807, 2.05) is 48.5 Å². The molecule has 1 atom stereocenters. The minimum absolute atomic E-state index is 0.157. The summed E-state index contributed by atoms with van der Waals surface area (Å²) in [4.78, 5) is 21.3. The van der Waals surface area contributed by atoms with Gasteiger partial charge in [-0.05, 0) is 51.7 Å². The first-order valence-electron chi connectivity index (χ1n) is 12.7. The maximum atomic E-state index is 13.6. The number of piperazine rings is 1. The van der Waals surface area contributed by atoms with Crippen LogP contribution in [0.5, 0.6) is 5.75 Å². The maximum absolute atomic E-state index is 13.6. The minimum atomic E-state index is -0.401. The van der Waals surface area contributed by atoms with Gasteiger partial charge in [0.2, 0.25) is 0 Å². The average molecular weight is 508 g/mol. The molecule has 1 aliphatic rings. The molecule has 9 heteroatoms. The Balaban J connectivity index is 1.39. The van der Waals surface area contributed by atoms with Crippen LogP contribution in [0, 0.1) is 0 Å². The Labute approximate surface area is 220 Å². The molecule has 0 amide bonds. The van der Waals surface area contributed by atoms with Crippen molar-refractivity contribution in [2.75, 3.05) is 38.2 Å². The van der Waals surface area contributed by atoms with Crippen molar-refractivity contribution < 1.29 is 4.74 Å². The fraction of sp³-hybridized carbons (Fsp3) is 0.241. The minimum Gasteiger partial charge on any atom is -0.497 e. The highest BCUT2D eigenvalue weighted by atomic mass is 16.5. The number of hydrogen-bond acceptors (Lipinski definition) is 7. The van der Waals surface area contributed by atoms with Crippen LogP contribution in [0.15, 0.2) is 89.7 Å². The number of aromatic amines is 1. The Morgan fingerprint density at radius 2 is 1.66 bits per heavy atom. The quantitative estimate of drug-likeness (QED) is 0.361. The third-order valence-electron chi connectivity index (χ3n) is 7.16. The number of ether oxygens (including phenoxy) is 1. The first-order valence-corrected chi connectivity index (χ1v) is 12.7. The van der Waals surface area contributed by atoms with Crippen molar-refractivity contribution in [3.05, 3.63) is 112 Å². The zero-order valence-corrected chi connectivity index (χ0v) is 21.2. The van der Waals surface area contributed by atoms with Crippen LogP contribution in [0.1, 0.15) is 23.0 Å². The van der Waals surface area contributed by atoms with Crippen LogP contribution in [0.4, 0.5) is 5.69 Å². The van der Waals surface area contributed by atoms with Gasteiger partial charge in [-0.2, -0.15) is 0 Å². The molecular weight excluding hydrogens is 478 g/mol. The Hall–Kier alpha value is -4.50. The number of anilines is 1. The average Bonchev–Trinajstić information content (AvgIpc) is 3.42. The standard InChI is InChI=1S/C29H29N7O2/c1-38-24-13-12-22-18-25(29(37)30-26(22)19-24)27(28-31-32-33-36(28)20-21-8-4-2-5-9-21)35-16-14-34(15-17-35)23-10-6-3-7-11-23/h2-13,18-19,27H,14-17,20H2,1H3,(H,30,37). The number of H-pyrrole nitrogens is 1.